The van der Waals surface area contributed by atoms with E-state index < -0.39 is 10.0 Å². The monoisotopic (exact) mass is 376 g/mol. The Balaban J connectivity index is 2.15. The second kappa shape index (κ2) is 8.33. The van der Waals surface area contributed by atoms with Crippen LogP contribution >= 0.6 is 0 Å². The molecular weight excluding hydrogens is 352 g/mol. The van der Waals surface area contributed by atoms with Crippen molar-refractivity contribution in [3.63, 3.8) is 0 Å². The summed E-state index contributed by atoms with van der Waals surface area (Å²) in [6, 6.07) is 13.6. The molecule has 0 spiro atoms. The van der Waals surface area contributed by atoms with Crippen LogP contribution in [-0.2, 0) is 16.6 Å². The van der Waals surface area contributed by atoms with E-state index in [2.05, 4.69) is 0 Å². The Morgan fingerprint density at radius 2 is 1.69 bits per heavy atom. The predicted molar refractivity (Wildman–Crippen MR) is 101 cm³/mol. The van der Waals surface area contributed by atoms with E-state index in [1.807, 2.05) is 31.2 Å². The Hall–Kier alpha value is -2.38. The van der Waals surface area contributed by atoms with Gasteiger partial charge in [0.15, 0.2) is 0 Å². The Morgan fingerprint density at radius 1 is 1.04 bits per heavy atom. The van der Waals surface area contributed by atoms with Gasteiger partial charge in [0.05, 0.1) is 11.5 Å². The molecule has 140 valence electrons. The molecule has 0 aliphatic heterocycles. The molecule has 0 aromatic heterocycles. The quantitative estimate of drug-likeness (QED) is 0.745. The van der Waals surface area contributed by atoms with E-state index in [0.717, 1.165) is 15.6 Å². The van der Waals surface area contributed by atoms with Crippen LogP contribution < -0.4 is 4.74 Å². The van der Waals surface area contributed by atoms with Crippen molar-refractivity contribution in [2.75, 3.05) is 27.7 Å². The third-order valence-corrected chi connectivity index (χ3v) is 5.67. The summed E-state index contributed by atoms with van der Waals surface area (Å²) >= 11 is 0. The third kappa shape index (κ3) is 4.62. The minimum atomic E-state index is -3.58. The largest absolute Gasteiger partial charge is 0.494 e. The SMILES string of the molecule is CCOc1ccc(CN(C)C(=O)c2cccc(S(=O)(=O)N(C)C)c2)cc1. The summed E-state index contributed by atoms with van der Waals surface area (Å²) in [5.41, 5.74) is 1.29. The summed E-state index contributed by atoms with van der Waals surface area (Å²) in [6.45, 7) is 2.94. The third-order valence-electron chi connectivity index (χ3n) is 3.86. The number of amides is 1. The van der Waals surface area contributed by atoms with Gasteiger partial charge < -0.3 is 9.64 Å². The zero-order chi connectivity index (χ0) is 19.3. The molecule has 6 nitrogen and oxygen atoms in total. The van der Waals surface area contributed by atoms with Gasteiger partial charge in [0.1, 0.15) is 5.75 Å². The van der Waals surface area contributed by atoms with Crippen LogP contribution in [0.15, 0.2) is 53.4 Å². The summed E-state index contributed by atoms with van der Waals surface area (Å²) in [7, 11) is 1.03. The first kappa shape index (κ1) is 19.9. The van der Waals surface area contributed by atoms with Crippen molar-refractivity contribution in [2.24, 2.45) is 0 Å². The van der Waals surface area contributed by atoms with Crippen LogP contribution in [-0.4, -0.2) is 51.3 Å². The van der Waals surface area contributed by atoms with Gasteiger partial charge in [-0.15, -0.1) is 0 Å². The lowest BCUT2D eigenvalue weighted by Gasteiger charge is -2.18. The fourth-order valence-corrected chi connectivity index (χ4v) is 3.37. The zero-order valence-electron chi connectivity index (χ0n) is 15.5. The van der Waals surface area contributed by atoms with E-state index in [1.165, 1.54) is 26.2 Å². The lowest BCUT2D eigenvalue weighted by molar-refractivity contribution is 0.0785. The molecule has 2 aromatic rings. The van der Waals surface area contributed by atoms with Gasteiger partial charge in [-0.3, -0.25) is 4.79 Å². The number of hydrogen-bond donors (Lipinski definition) is 0. The van der Waals surface area contributed by atoms with Crippen molar-refractivity contribution in [3.8, 4) is 5.75 Å². The standard InChI is InChI=1S/C19H24N2O4S/c1-5-25-17-11-9-15(10-12-17)14-21(4)19(22)16-7-6-8-18(13-16)26(23,24)20(2)3/h6-13H,5,14H2,1-4H3. The van der Waals surface area contributed by atoms with Crippen molar-refractivity contribution >= 4 is 15.9 Å². The lowest BCUT2D eigenvalue weighted by atomic mass is 10.1. The van der Waals surface area contributed by atoms with Gasteiger partial charge in [0.25, 0.3) is 5.91 Å². The molecule has 0 saturated carbocycles. The first-order chi connectivity index (χ1) is 12.3. The van der Waals surface area contributed by atoms with Gasteiger partial charge in [-0.1, -0.05) is 18.2 Å². The van der Waals surface area contributed by atoms with Crippen LogP contribution in [0.3, 0.4) is 0 Å². The molecule has 0 N–H and O–H groups in total. The molecule has 0 unspecified atom stereocenters. The highest BCUT2D eigenvalue weighted by atomic mass is 32.2. The average Bonchev–Trinajstić information content (AvgIpc) is 2.63. The molecule has 0 aliphatic rings. The van der Waals surface area contributed by atoms with E-state index in [1.54, 1.807) is 24.1 Å². The van der Waals surface area contributed by atoms with Crippen molar-refractivity contribution < 1.29 is 17.9 Å². The molecule has 0 aliphatic carbocycles. The Labute approximate surface area is 155 Å². The molecule has 0 heterocycles. The maximum Gasteiger partial charge on any atom is 0.253 e. The molecule has 0 bridgehead atoms. The molecule has 2 rings (SSSR count). The number of ether oxygens (including phenoxy) is 1. The smallest absolute Gasteiger partial charge is 0.253 e. The molecule has 0 radical (unpaired) electrons. The summed E-state index contributed by atoms with van der Waals surface area (Å²) in [5, 5.41) is 0. The maximum atomic E-state index is 12.7. The Kier molecular flexibility index (Phi) is 6.39. The molecule has 26 heavy (non-hydrogen) atoms. The van der Waals surface area contributed by atoms with Crippen molar-refractivity contribution in [2.45, 2.75) is 18.4 Å². The predicted octanol–water partition coefficient (Wildman–Crippen LogP) is 2.61. The molecule has 0 fully saturated rings. The average molecular weight is 376 g/mol. The second-order valence-electron chi connectivity index (χ2n) is 6.05. The van der Waals surface area contributed by atoms with Gasteiger partial charge in [0.2, 0.25) is 10.0 Å². The number of carbonyl (C=O) groups excluding carboxylic acids is 1. The van der Waals surface area contributed by atoms with E-state index in [-0.39, 0.29) is 10.8 Å². The molecule has 7 heteroatoms. The molecule has 2 aromatic carbocycles. The van der Waals surface area contributed by atoms with Crippen LogP contribution in [0.5, 0.6) is 5.75 Å². The Morgan fingerprint density at radius 3 is 2.27 bits per heavy atom. The summed E-state index contributed by atoms with van der Waals surface area (Å²) in [6.07, 6.45) is 0. The topological polar surface area (TPSA) is 66.9 Å². The normalized spacial score (nSPS) is 11.4. The lowest BCUT2D eigenvalue weighted by Crippen LogP contribution is -2.27. The van der Waals surface area contributed by atoms with Crippen molar-refractivity contribution in [3.05, 3.63) is 59.7 Å². The number of benzene rings is 2. The van der Waals surface area contributed by atoms with E-state index in [9.17, 15) is 13.2 Å². The number of nitrogens with zero attached hydrogens (tertiary/aromatic N) is 2. The van der Waals surface area contributed by atoms with Crippen LogP contribution in [0.25, 0.3) is 0 Å². The summed E-state index contributed by atoms with van der Waals surface area (Å²) in [4.78, 5) is 14.3. The summed E-state index contributed by atoms with van der Waals surface area (Å²) in [5.74, 6) is 0.543. The van der Waals surface area contributed by atoms with Crippen LogP contribution in [0.4, 0.5) is 0 Å². The highest BCUT2D eigenvalue weighted by Crippen LogP contribution is 2.18. The number of carbonyl (C=O) groups is 1. The van der Waals surface area contributed by atoms with E-state index in [4.69, 9.17) is 4.74 Å². The number of sulfonamides is 1. The van der Waals surface area contributed by atoms with Crippen LogP contribution in [0.1, 0.15) is 22.8 Å². The molecule has 0 saturated heterocycles. The molecule has 0 atom stereocenters. The molecule has 1 amide bonds. The van der Waals surface area contributed by atoms with Gasteiger partial charge in [-0.25, -0.2) is 12.7 Å². The van der Waals surface area contributed by atoms with Gasteiger partial charge in [0, 0.05) is 33.3 Å². The van der Waals surface area contributed by atoms with Crippen LogP contribution in [0.2, 0.25) is 0 Å². The zero-order valence-corrected chi connectivity index (χ0v) is 16.3. The number of rotatable bonds is 7. The minimum Gasteiger partial charge on any atom is -0.494 e. The van der Waals surface area contributed by atoms with Gasteiger partial charge >= 0.3 is 0 Å². The van der Waals surface area contributed by atoms with Gasteiger partial charge in [-0.2, -0.15) is 0 Å². The number of hydrogen-bond acceptors (Lipinski definition) is 4. The summed E-state index contributed by atoms with van der Waals surface area (Å²) < 4.78 is 31.0. The maximum absolute atomic E-state index is 12.7. The fourth-order valence-electron chi connectivity index (χ4n) is 2.42. The van der Waals surface area contributed by atoms with Crippen molar-refractivity contribution in [1.82, 2.24) is 9.21 Å². The fraction of sp³-hybridized carbons (Fsp3) is 0.316. The Bertz CT molecular complexity index is 861. The second-order valence-corrected chi connectivity index (χ2v) is 8.21. The first-order valence-electron chi connectivity index (χ1n) is 8.25. The van der Waals surface area contributed by atoms with Gasteiger partial charge in [-0.05, 0) is 42.8 Å². The van der Waals surface area contributed by atoms with E-state index >= 15 is 0 Å². The highest BCUT2D eigenvalue weighted by Gasteiger charge is 2.20. The first-order valence-corrected chi connectivity index (χ1v) is 9.69. The van der Waals surface area contributed by atoms with Crippen LogP contribution in [0, 0.1) is 0 Å². The van der Waals surface area contributed by atoms with Crippen molar-refractivity contribution in [1.29, 1.82) is 0 Å². The molecular formula is C19H24N2O4S. The highest BCUT2D eigenvalue weighted by molar-refractivity contribution is 7.89. The van der Waals surface area contributed by atoms with E-state index in [0.29, 0.717) is 18.7 Å². The minimum absolute atomic E-state index is 0.0998.